The van der Waals surface area contributed by atoms with E-state index in [2.05, 4.69) is 151 Å². The Kier molecular flexibility index (Phi) is 12.4. The Morgan fingerprint density at radius 1 is 0.345 bits per heavy atom. The van der Waals surface area contributed by atoms with Crippen LogP contribution in [0, 0.1) is 0 Å². The number of benzene rings is 8. The number of anilines is 2. The van der Waals surface area contributed by atoms with Gasteiger partial charge in [-0.25, -0.2) is 0 Å². The van der Waals surface area contributed by atoms with Gasteiger partial charge < -0.3 is 11.1 Å². The number of hydrogen-bond donors (Lipinski definition) is 2. The molecule has 8 aromatic carbocycles. The summed E-state index contributed by atoms with van der Waals surface area (Å²) in [7, 11) is 0. The first-order valence-electron chi connectivity index (χ1n) is 18.5. The number of halogens is 2. The number of rotatable bonds is 10. The Morgan fingerprint density at radius 2 is 0.636 bits per heavy atom. The Labute approximate surface area is 334 Å². The second-order valence-corrected chi connectivity index (χ2v) is 14.3. The van der Waals surface area contributed by atoms with Gasteiger partial charge in [0.25, 0.3) is 0 Å². The zero-order chi connectivity index (χ0) is 37.8. The van der Waals surface area contributed by atoms with E-state index in [0.29, 0.717) is 5.02 Å². The molecule has 0 saturated carbocycles. The van der Waals surface area contributed by atoms with Gasteiger partial charge in [-0.1, -0.05) is 205 Å². The van der Waals surface area contributed by atoms with Crippen molar-refractivity contribution in [1.29, 1.82) is 0 Å². The van der Waals surface area contributed by atoms with Crippen molar-refractivity contribution < 1.29 is 0 Å². The molecule has 0 aliphatic heterocycles. The van der Waals surface area contributed by atoms with Crippen molar-refractivity contribution in [2.45, 2.75) is 17.9 Å². The van der Waals surface area contributed by atoms with Gasteiger partial charge in [0.05, 0.1) is 6.04 Å². The van der Waals surface area contributed by atoms with Gasteiger partial charge in [0, 0.05) is 33.3 Å². The fourth-order valence-electron chi connectivity index (χ4n) is 7.19. The van der Waals surface area contributed by atoms with E-state index < -0.39 is 0 Å². The van der Waals surface area contributed by atoms with Gasteiger partial charge in [-0.15, -0.1) is 0 Å². The van der Waals surface area contributed by atoms with Crippen LogP contribution in [-0.4, -0.2) is 0 Å². The second-order valence-electron chi connectivity index (χ2n) is 13.4. The summed E-state index contributed by atoms with van der Waals surface area (Å²) in [5, 5.41) is 5.01. The molecule has 0 atom stereocenters. The Hall–Kier alpha value is -6.06. The van der Waals surface area contributed by atoms with Crippen LogP contribution in [0.2, 0.25) is 10.0 Å². The topological polar surface area (TPSA) is 38.0 Å². The number of hydrogen-bond acceptors (Lipinski definition) is 2. The minimum Gasteiger partial charge on any atom is -0.398 e. The fourth-order valence-corrected chi connectivity index (χ4v) is 7.55. The third-order valence-electron chi connectivity index (χ3n) is 9.78. The molecule has 8 aromatic rings. The third kappa shape index (κ3) is 9.37. The standard InChI is InChI=1S/C32H26ClN.C19H16ClN/c33-27-21-28(30(23-13-5-1-6-14-23)24-15-7-2-8-16-24)32(34)29(22-27)31(25-17-9-3-10-18-25)26-19-11-4-12-20-26;20-17-11-13-18(14-12-17)21-19(15-7-3-1-4-8-15)16-9-5-2-6-10-16/h1-22,30-31H,34H2;1-14,19,21H. The number of nitrogens with two attached hydrogens (primary N) is 1. The predicted molar refractivity (Wildman–Crippen MR) is 233 cm³/mol. The van der Waals surface area contributed by atoms with Gasteiger partial charge in [0.15, 0.2) is 0 Å². The lowest BCUT2D eigenvalue weighted by molar-refractivity contribution is 0.939. The highest BCUT2D eigenvalue weighted by Crippen LogP contribution is 2.43. The minimum absolute atomic E-state index is 0.0213. The summed E-state index contributed by atoms with van der Waals surface area (Å²) in [6.07, 6.45) is 0. The van der Waals surface area contributed by atoms with Crippen molar-refractivity contribution in [3.8, 4) is 0 Å². The zero-order valence-electron chi connectivity index (χ0n) is 30.3. The molecule has 55 heavy (non-hydrogen) atoms. The average Bonchev–Trinajstić information content (AvgIpc) is 3.25. The monoisotopic (exact) mass is 752 g/mol. The summed E-state index contributed by atoms with van der Waals surface area (Å²) >= 11 is 12.8. The van der Waals surface area contributed by atoms with Gasteiger partial charge in [0.1, 0.15) is 0 Å². The number of nitrogens with one attached hydrogen (secondary N) is 1. The van der Waals surface area contributed by atoms with E-state index in [1.807, 2.05) is 72.8 Å². The van der Waals surface area contributed by atoms with E-state index in [0.717, 1.165) is 27.5 Å². The number of nitrogen functional groups attached to an aromatic ring is 1. The van der Waals surface area contributed by atoms with Crippen LogP contribution in [0.3, 0.4) is 0 Å². The van der Waals surface area contributed by atoms with Gasteiger partial charge in [-0.05, 0) is 80.9 Å². The van der Waals surface area contributed by atoms with Crippen molar-refractivity contribution in [3.05, 3.63) is 273 Å². The second kappa shape index (κ2) is 18.3. The van der Waals surface area contributed by atoms with Crippen LogP contribution in [0.25, 0.3) is 0 Å². The van der Waals surface area contributed by atoms with Crippen LogP contribution >= 0.6 is 23.2 Å². The Bertz CT molecular complexity index is 2130. The van der Waals surface area contributed by atoms with Crippen molar-refractivity contribution in [3.63, 3.8) is 0 Å². The lowest BCUT2D eigenvalue weighted by atomic mass is 9.79. The van der Waals surface area contributed by atoms with Crippen LogP contribution in [0.4, 0.5) is 11.4 Å². The first kappa shape index (κ1) is 37.3. The highest BCUT2D eigenvalue weighted by molar-refractivity contribution is 6.31. The molecule has 0 bridgehead atoms. The van der Waals surface area contributed by atoms with E-state index in [1.54, 1.807) is 0 Å². The maximum Gasteiger partial charge on any atom is 0.0767 e. The molecule has 2 nitrogen and oxygen atoms in total. The van der Waals surface area contributed by atoms with Gasteiger partial charge in [-0.3, -0.25) is 0 Å². The van der Waals surface area contributed by atoms with E-state index in [1.165, 1.54) is 33.4 Å². The van der Waals surface area contributed by atoms with E-state index in [9.17, 15) is 0 Å². The van der Waals surface area contributed by atoms with Gasteiger partial charge in [0.2, 0.25) is 0 Å². The molecule has 0 fully saturated rings. The predicted octanol–water partition coefficient (Wildman–Crippen LogP) is 13.8. The maximum absolute atomic E-state index is 7.04. The van der Waals surface area contributed by atoms with Gasteiger partial charge >= 0.3 is 0 Å². The van der Waals surface area contributed by atoms with Crippen molar-refractivity contribution >= 4 is 34.6 Å². The summed E-state index contributed by atoms with van der Waals surface area (Å²) in [6, 6.07) is 74.9. The van der Waals surface area contributed by atoms with Crippen LogP contribution in [0.1, 0.15) is 62.4 Å². The quantitative estimate of drug-likeness (QED) is 0.108. The highest BCUT2D eigenvalue weighted by Gasteiger charge is 2.26. The smallest absolute Gasteiger partial charge is 0.0767 e. The zero-order valence-corrected chi connectivity index (χ0v) is 31.9. The fraction of sp³-hybridized carbons (Fsp3) is 0.0588. The van der Waals surface area contributed by atoms with Crippen molar-refractivity contribution in [2.24, 2.45) is 0 Å². The molecular weight excluding hydrogens is 711 g/mol. The first-order chi connectivity index (χ1) is 27.0. The highest BCUT2D eigenvalue weighted by atomic mass is 35.5. The summed E-state index contributed by atoms with van der Waals surface area (Å²) in [5.41, 5.74) is 18.1. The lowest BCUT2D eigenvalue weighted by Gasteiger charge is -2.26. The summed E-state index contributed by atoms with van der Waals surface area (Å²) in [5.74, 6) is -0.0425. The molecule has 0 aromatic heterocycles. The van der Waals surface area contributed by atoms with Crippen LogP contribution < -0.4 is 11.1 Å². The van der Waals surface area contributed by atoms with Crippen LogP contribution in [-0.2, 0) is 0 Å². The Balaban J connectivity index is 0.000000190. The van der Waals surface area contributed by atoms with Crippen molar-refractivity contribution in [2.75, 3.05) is 11.1 Å². The van der Waals surface area contributed by atoms with Crippen LogP contribution in [0.15, 0.2) is 218 Å². The Morgan fingerprint density at radius 3 is 0.945 bits per heavy atom. The molecular formula is C51H42Cl2N2. The van der Waals surface area contributed by atoms with Crippen molar-refractivity contribution in [1.82, 2.24) is 0 Å². The molecule has 0 spiro atoms. The molecule has 0 saturated heterocycles. The molecule has 0 amide bonds. The molecule has 8 rings (SSSR count). The molecule has 0 heterocycles. The first-order valence-corrected chi connectivity index (χ1v) is 19.2. The molecule has 0 unspecified atom stereocenters. The summed E-state index contributed by atoms with van der Waals surface area (Å²) in [4.78, 5) is 0. The van der Waals surface area contributed by atoms with E-state index in [-0.39, 0.29) is 17.9 Å². The van der Waals surface area contributed by atoms with Crippen LogP contribution in [0.5, 0.6) is 0 Å². The normalized spacial score (nSPS) is 10.9. The molecule has 0 aliphatic carbocycles. The van der Waals surface area contributed by atoms with Gasteiger partial charge in [-0.2, -0.15) is 0 Å². The molecule has 4 heteroatoms. The summed E-state index contributed by atoms with van der Waals surface area (Å²) < 4.78 is 0. The minimum atomic E-state index is -0.0213. The average molecular weight is 754 g/mol. The molecule has 0 aliphatic rings. The molecule has 270 valence electrons. The molecule has 0 radical (unpaired) electrons. The third-order valence-corrected chi connectivity index (χ3v) is 10.3. The van der Waals surface area contributed by atoms with E-state index >= 15 is 0 Å². The maximum atomic E-state index is 7.04. The SMILES string of the molecule is Clc1ccc(NC(c2ccccc2)c2ccccc2)cc1.Nc1c(C(c2ccccc2)c2ccccc2)cc(Cl)cc1C(c1ccccc1)c1ccccc1. The van der Waals surface area contributed by atoms with E-state index in [4.69, 9.17) is 28.9 Å². The largest absolute Gasteiger partial charge is 0.398 e. The lowest BCUT2D eigenvalue weighted by Crippen LogP contribution is -2.12. The summed E-state index contributed by atoms with van der Waals surface area (Å²) in [6.45, 7) is 0. The molecule has 3 N–H and O–H groups in total.